The maximum Gasteiger partial charge on any atom is 0.246 e. The van der Waals surface area contributed by atoms with Crippen molar-refractivity contribution in [3.05, 3.63) is 65.2 Å². The molecule has 184 valence electrons. The van der Waals surface area contributed by atoms with Gasteiger partial charge in [0.2, 0.25) is 11.8 Å². The third-order valence-corrected chi connectivity index (χ3v) is 8.92. The number of hydrogen-bond donors (Lipinski definition) is 1. The molecule has 6 rings (SSSR count). The van der Waals surface area contributed by atoms with Gasteiger partial charge in [0.25, 0.3) is 0 Å². The number of carbonyl (C=O) groups excluding carboxylic acids is 2. The van der Waals surface area contributed by atoms with E-state index >= 15 is 0 Å². The van der Waals surface area contributed by atoms with Crippen LogP contribution in [-0.4, -0.2) is 71.6 Å². The minimum absolute atomic E-state index is 0.0274. The highest BCUT2D eigenvalue weighted by atomic mass is 16.3. The summed E-state index contributed by atoms with van der Waals surface area (Å²) in [5, 5.41) is 9.92. The molecule has 0 aromatic heterocycles. The molecule has 2 atom stereocenters. The summed E-state index contributed by atoms with van der Waals surface area (Å²) in [6.45, 7) is 3.71. The van der Waals surface area contributed by atoms with Crippen LogP contribution < -0.4 is 4.90 Å². The highest BCUT2D eigenvalue weighted by Gasteiger charge is 2.43. The molecular weight excluding hydrogens is 438 g/mol. The van der Waals surface area contributed by atoms with Crippen molar-refractivity contribution in [3.8, 4) is 0 Å². The average molecular weight is 474 g/mol. The van der Waals surface area contributed by atoms with E-state index in [2.05, 4.69) is 29.2 Å². The summed E-state index contributed by atoms with van der Waals surface area (Å²) in [6, 6.07) is 16.3. The number of aryl methyl sites for hydroxylation is 1. The van der Waals surface area contributed by atoms with Gasteiger partial charge in [-0.3, -0.25) is 14.5 Å². The van der Waals surface area contributed by atoms with Crippen LogP contribution in [0.4, 0.5) is 5.69 Å². The lowest BCUT2D eigenvalue weighted by Crippen LogP contribution is -2.50. The molecule has 0 saturated carbocycles. The quantitative estimate of drug-likeness (QED) is 0.742. The van der Waals surface area contributed by atoms with Gasteiger partial charge in [-0.25, -0.2) is 0 Å². The Morgan fingerprint density at radius 2 is 1.69 bits per heavy atom. The van der Waals surface area contributed by atoms with Gasteiger partial charge in [0, 0.05) is 38.2 Å². The van der Waals surface area contributed by atoms with Crippen LogP contribution >= 0.6 is 0 Å². The molecule has 3 heterocycles. The Labute approximate surface area is 207 Å². The number of piperidine rings is 1. The Kier molecular flexibility index (Phi) is 5.89. The maximum atomic E-state index is 13.5. The molecule has 2 amide bonds. The zero-order valence-electron chi connectivity index (χ0n) is 20.4. The van der Waals surface area contributed by atoms with Gasteiger partial charge < -0.3 is 14.9 Å². The minimum Gasteiger partial charge on any atom is -0.391 e. The van der Waals surface area contributed by atoms with Gasteiger partial charge in [0.15, 0.2) is 0 Å². The molecule has 6 heteroatoms. The number of fused-ring (bicyclic) bond motifs is 3. The van der Waals surface area contributed by atoms with E-state index in [4.69, 9.17) is 0 Å². The second kappa shape index (κ2) is 9.07. The van der Waals surface area contributed by atoms with E-state index < -0.39 is 12.1 Å². The predicted molar refractivity (Wildman–Crippen MR) is 135 cm³/mol. The van der Waals surface area contributed by atoms with Crippen LogP contribution in [0.3, 0.4) is 0 Å². The van der Waals surface area contributed by atoms with Crippen molar-refractivity contribution in [2.24, 2.45) is 0 Å². The molecule has 35 heavy (non-hydrogen) atoms. The Hall–Kier alpha value is -2.70. The number of nitrogens with zero attached hydrogens (tertiary/aromatic N) is 3. The third kappa shape index (κ3) is 4.07. The van der Waals surface area contributed by atoms with Crippen molar-refractivity contribution in [1.82, 2.24) is 9.80 Å². The molecule has 2 saturated heterocycles. The first-order valence-corrected chi connectivity index (χ1v) is 13.2. The molecule has 2 aromatic rings. The highest BCUT2D eigenvalue weighted by molar-refractivity contribution is 6.03. The number of hydrogen-bond acceptors (Lipinski definition) is 4. The fourth-order valence-electron chi connectivity index (χ4n) is 6.91. The van der Waals surface area contributed by atoms with Crippen molar-refractivity contribution in [2.75, 3.05) is 37.6 Å². The first-order valence-electron chi connectivity index (χ1n) is 13.2. The molecule has 3 aliphatic heterocycles. The van der Waals surface area contributed by atoms with E-state index in [1.54, 1.807) is 15.4 Å². The van der Waals surface area contributed by atoms with E-state index in [-0.39, 0.29) is 11.8 Å². The standard InChI is InChI=1S/C29H35N3O3/c33-23-10-16-31(20-23)28(35)26-19-22-6-2-4-8-25(22)32(26)27(34)11-15-30-17-13-29(14-18-30)12-9-21-5-1-3-7-24(21)29/h1-8,23,26,33H,9-20H2/t23?,26-/m0/s1. The first kappa shape index (κ1) is 22.7. The summed E-state index contributed by atoms with van der Waals surface area (Å²) < 4.78 is 0. The van der Waals surface area contributed by atoms with E-state index in [0.717, 1.165) is 43.7 Å². The van der Waals surface area contributed by atoms with Gasteiger partial charge in [0.1, 0.15) is 6.04 Å². The molecule has 6 nitrogen and oxygen atoms in total. The maximum absolute atomic E-state index is 13.5. The van der Waals surface area contributed by atoms with E-state index in [1.165, 1.54) is 18.4 Å². The zero-order chi connectivity index (χ0) is 24.0. The normalized spacial score (nSPS) is 25.2. The van der Waals surface area contributed by atoms with Gasteiger partial charge >= 0.3 is 0 Å². The third-order valence-electron chi connectivity index (χ3n) is 8.92. The number of aliphatic hydroxyl groups excluding tert-OH is 1. The molecular formula is C29H35N3O3. The Morgan fingerprint density at radius 3 is 2.46 bits per heavy atom. The van der Waals surface area contributed by atoms with Gasteiger partial charge in [-0.15, -0.1) is 0 Å². The van der Waals surface area contributed by atoms with Crippen molar-refractivity contribution >= 4 is 17.5 Å². The second-order valence-corrected chi connectivity index (χ2v) is 10.9. The summed E-state index contributed by atoms with van der Waals surface area (Å²) in [5.74, 6) is -0.00884. The van der Waals surface area contributed by atoms with Crippen LogP contribution in [-0.2, 0) is 27.8 Å². The SMILES string of the molecule is O=C([C@@H]1Cc2ccccc2N1C(=O)CCN1CCC2(CCc3ccccc32)CC1)N1CCC(O)C1. The summed E-state index contributed by atoms with van der Waals surface area (Å²) in [6.07, 6.45) is 5.88. The van der Waals surface area contributed by atoms with Crippen LogP contribution in [0.2, 0.25) is 0 Å². The Balaban J connectivity index is 1.11. The van der Waals surface area contributed by atoms with Crippen LogP contribution in [0.1, 0.15) is 48.8 Å². The predicted octanol–water partition coefficient (Wildman–Crippen LogP) is 2.91. The lowest BCUT2D eigenvalue weighted by Gasteiger charge is -2.40. The molecule has 2 fully saturated rings. The minimum atomic E-state index is -0.496. The second-order valence-electron chi connectivity index (χ2n) is 10.9. The monoisotopic (exact) mass is 473 g/mol. The molecule has 0 bridgehead atoms. The van der Waals surface area contributed by atoms with Gasteiger partial charge in [-0.1, -0.05) is 42.5 Å². The van der Waals surface area contributed by atoms with Crippen molar-refractivity contribution in [2.45, 2.75) is 62.5 Å². The Morgan fingerprint density at radius 1 is 0.943 bits per heavy atom. The number of carbonyl (C=O) groups is 2. The van der Waals surface area contributed by atoms with E-state index in [9.17, 15) is 14.7 Å². The summed E-state index contributed by atoms with van der Waals surface area (Å²) in [7, 11) is 0. The topological polar surface area (TPSA) is 64.1 Å². The molecule has 0 radical (unpaired) electrons. The van der Waals surface area contributed by atoms with Crippen molar-refractivity contribution in [1.29, 1.82) is 0 Å². The fraction of sp³-hybridized carbons (Fsp3) is 0.517. The number of rotatable bonds is 4. The smallest absolute Gasteiger partial charge is 0.246 e. The van der Waals surface area contributed by atoms with Crippen LogP contribution in [0.5, 0.6) is 0 Å². The number of para-hydroxylation sites is 1. The molecule has 1 N–H and O–H groups in total. The average Bonchev–Trinajstić information content (AvgIpc) is 3.59. The summed E-state index contributed by atoms with van der Waals surface area (Å²) in [4.78, 5) is 32.8. The first-order chi connectivity index (χ1) is 17.0. The zero-order valence-corrected chi connectivity index (χ0v) is 20.4. The highest BCUT2D eigenvalue weighted by Crippen LogP contribution is 2.46. The van der Waals surface area contributed by atoms with Gasteiger partial charge in [0.05, 0.1) is 6.10 Å². The fourth-order valence-corrected chi connectivity index (χ4v) is 6.91. The number of likely N-dealkylation sites (tertiary alicyclic amines) is 2. The van der Waals surface area contributed by atoms with E-state index in [1.807, 2.05) is 24.3 Å². The molecule has 1 spiro atoms. The lowest BCUT2D eigenvalue weighted by molar-refractivity contribution is -0.133. The van der Waals surface area contributed by atoms with Crippen molar-refractivity contribution < 1.29 is 14.7 Å². The summed E-state index contributed by atoms with van der Waals surface area (Å²) >= 11 is 0. The number of aliphatic hydroxyl groups is 1. The molecule has 1 aliphatic carbocycles. The van der Waals surface area contributed by atoms with Crippen LogP contribution in [0.25, 0.3) is 0 Å². The van der Waals surface area contributed by atoms with E-state index in [0.29, 0.717) is 37.8 Å². The Bertz CT molecular complexity index is 1120. The number of benzene rings is 2. The summed E-state index contributed by atoms with van der Waals surface area (Å²) in [5.41, 5.74) is 5.32. The van der Waals surface area contributed by atoms with Gasteiger partial charge in [-0.2, -0.15) is 0 Å². The number of amides is 2. The molecule has 4 aliphatic rings. The lowest BCUT2D eigenvalue weighted by atomic mass is 9.74. The van der Waals surface area contributed by atoms with Gasteiger partial charge in [-0.05, 0) is 73.4 Å². The van der Waals surface area contributed by atoms with Crippen LogP contribution in [0, 0.1) is 0 Å². The molecule has 1 unspecified atom stereocenters. The number of anilines is 1. The number of β-amino-alcohol motifs (C(OH)–C–C–N with tert-alkyl or cyclic N) is 1. The van der Waals surface area contributed by atoms with Crippen molar-refractivity contribution in [3.63, 3.8) is 0 Å². The largest absolute Gasteiger partial charge is 0.391 e. The molecule has 2 aromatic carbocycles. The van der Waals surface area contributed by atoms with Crippen LogP contribution in [0.15, 0.2) is 48.5 Å².